The summed E-state index contributed by atoms with van der Waals surface area (Å²) in [5.41, 5.74) is 0.489. The zero-order valence-corrected chi connectivity index (χ0v) is 16.4. The van der Waals surface area contributed by atoms with Gasteiger partial charge in [-0.15, -0.1) is 11.3 Å². The van der Waals surface area contributed by atoms with Crippen LogP contribution in [0.4, 0.5) is 0 Å². The standard InChI is InChI=1S/C20H19N3O5S/c21-12-15-3-5-16(6-4-15)27-14-19(25)28-13-18(24)22-7-9-23(10-8-22)20(26)17-2-1-11-29-17/h1-6,11H,7-10,13-14H2. The van der Waals surface area contributed by atoms with E-state index in [1.807, 2.05) is 17.5 Å². The number of amides is 2. The highest BCUT2D eigenvalue weighted by Gasteiger charge is 2.25. The molecule has 1 aromatic heterocycles. The van der Waals surface area contributed by atoms with E-state index in [1.54, 1.807) is 40.1 Å². The summed E-state index contributed by atoms with van der Waals surface area (Å²) >= 11 is 1.39. The molecule has 1 aliphatic heterocycles. The molecule has 2 heterocycles. The highest BCUT2D eigenvalue weighted by molar-refractivity contribution is 7.12. The molecule has 3 rings (SSSR count). The van der Waals surface area contributed by atoms with Crippen molar-refractivity contribution in [3.05, 3.63) is 52.2 Å². The van der Waals surface area contributed by atoms with Crippen LogP contribution in [0.1, 0.15) is 15.2 Å². The monoisotopic (exact) mass is 413 g/mol. The van der Waals surface area contributed by atoms with Gasteiger partial charge >= 0.3 is 5.97 Å². The van der Waals surface area contributed by atoms with Gasteiger partial charge in [0.2, 0.25) is 0 Å². The SMILES string of the molecule is N#Cc1ccc(OCC(=O)OCC(=O)N2CCN(C(=O)c3cccs3)CC2)cc1. The molecule has 0 atom stereocenters. The van der Waals surface area contributed by atoms with Gasteiger partial charge in [0, 0.05) is 26.2 Å². The Balaban J connectivity index is 1.36. The molecule has 2 aromatic rings. The Kier molecular flexibility index (Phi) is 6.81. The van der Waals surface area contributed by atoms with Crippen LogP contribution in [0, 0.1) is 11.3 Å². The first-order chi connectivity index (χ1) is 14.1. The second-order valence-electron chi connectivity index (χ2n) is 6.24. The molecule has 0 aliphatic carbocycles. The Morgan fingerprint density at radius 1 is 1.00 bits per heavy atom. The van der Waals surface area contributed by atoms with Crippen molar-refractivity contribution in [2.45, 2.75) is 0 Å². The maximum Gasteiger partial charge on any atom is 0.344 e. The lowest BCUT2D eigenvalue weighted by atomic mass is 10.2. The molecule has 0 N–H and O–H groups in total. The van der Waals surface area contributed by atoms with Gasteiger partial charge in [0.05, 0.1) is 16.5 Å². The Labute approximate surface area is 171 Å². The zero-order valence-electron chi connectivity index (χ0n) is 15.6. The molecule has 8 nitrogen and oxygen atoms in total. The van der Waals surface area contributed by atoms with Crippen LogP contribution in [-0.4, -0.2) is 67.0 Å². The van der Waals surface area contributed by atoms with Crippen molar-refractivity contribution in [3.63, 3.8) is 0 Å². The van der Waals surface area contributed by atoms with Gasteiger partial charge in [-0.3, -0.25) is 9.59 Å². The number of carbonyl (C=O) groups is 3. The molecule has 0 unspecified atom stereocenters. The minimum atomic E-state index is -0.658. The minimum absolute atomic E-state index is 0.0292. The molecule has 0 bridgehead atoms. The Bertz CT molecular complexity index is 897. The zero-order chi connectivity index (χ0) is 20.6. The molecule has 150 valence electrons. The summed E-state index contributed by atoms with van der Waals surface area (Å²) in [6.45, 7) is 0.984. The van der Waals surface area contributed by atoms with Gasteiger partial charge in [-0.25, -0.2) is 4.79 Å². The van der Waals surface area contributed by atoms with Gasteiger partial charge in [-0.1, -0.05) is 6.07 Å². The first kappa shape index (κ1) is 20.4. The van der Waals surface area contributed by atoms with Crippen molar-refractivity contribution in [2.24, 2.45) is 0 Å². The number of nitriles is 1. The van der Waals surface area contributed by atoms with Crippen LogP contribution >= 0.6 is 11.3 Å². The van der Waals surface area contributed by atoms with Gasteiger partial charge < -0.3 is 19.3 Å². The maximum absolute atomic E-state index is 12.3. The van der Waals surface area contributed by atoms with E-state index in [1.165, 1.54) is 11.3 Å². The van der Waals surface area contributed by atoms with E-state index < -0.39 is 5.97 Å². The van der Waals surface area contributed by atoms with Crippen LogP contribution < -0.4 is 4.74 Å². The summed E-state index contributed by atoms with van der Waals surface area (Å²) in [7, 11) is 0. The van der Waals surface area contributed by atoms with Crippen LogP contribution in [0.25, 0.3) is 0 Å². The second kappa shape index (κ2) is 9.71. The number of thiophene rings is 1. The normalized spacial score (nSPS) is 13.5. The van der Waals surface area contributed by atoms with E-state index in [0.717, 1.165) is 0 Å². The van der Waals surface area contributed by atoms with E-state index in [0.29, 0.717) is 42.4 Å². The molecule has 1 aliphatic rings. The lowest BCUT2D eigenvalue weighted by molar-refractivity contribution is -0.154. The third kappa shape index (κ3) is 5.56. The summed E-state index contributed by atoms with van der Waals surface area (Å²) < 4.78 is 10.2. The molecule has 2 amide bonds. The summed E-state index contributed by atoms with van der Waals surface area (Å²) in [4.78, 5) is 40.3. The number of nitrogens with zero attached hydrogens (tertiary/aromatic N) is 3. The fraction of sp³-hybridized carbons (Fsp3) is 0.300. The van der Waals surface area contributed by atoms with Crippen LogP contribution in [0.3, 0.4) is 0 Å². The number of piperazine rings is 1. The molecular formula is C20H19N3O5S. The average molecular weight is 413 g/mol. The van der Waals surface area contributed by atoms with E-state index in [2.05, 4.69) is 0 Å². The number of hydrogen-bond acceptors (Lipinski definition) is 7. The molecule has 1 saturated heterocycles. The molecule has 1 fully saturated rings. The van der Waals surface area contributed by atoms with Crippen molar-refractivity contribution in [3.8, 4) is 11.8 Å². The fourth-order valence-corrected chi connectivity index (χ4v) is 3.45. The molecule has 1 aromatic carbocycles. The summed E-state index contributed by atoms with van der Waals surface area (Å²) in [6.07, 6.45) is 0. The van der Waals surface area contributed by atoms with Crippen molar-refractivity contribution < 1.29 is 23.9 Å². The third-order valence-electron chi connectivity index (χ3n) is 4.35. The van der Waals surface area contributed by atoms with Gasteiger partial charge in [-0.2, -0.15) is 5.26 Å². The molecular weight excluding hydrogens is 394 g/mol. The van der Waals surface area contributed by atoms with E-state index in [4.69, 9.17) is 14.7 Å². The molecule has 0 spiro atoms. The van der Waals surface area contributed by atoms with E-state index >= 15 is 0 Å². The maximum atomic E-state index is 12.3. The number of hydrogen-bond donors (Lipinski definition) is 0. The lowest BCUT2D eigenvalue weighted by Crippen LogP contribution is -2.51. The fourth-order valence-electron chi connectivity index (χ4n) is 2.76. The van der Waals surface area contributed by atoms with E-state index in [9.17, 15) is 14.4 Å². The lowest BCUT2D eigenvalue weighted by Gasteiger charge is -2.34. The topological polar surface area (TPSA) is 99.9 Å². The quantitative estimate of drug-likeness (QED) is 0.666. The van der Waals surface area contributed by atoms with Gasteiger partial charge in [-0.05, 0) is 35.7 Å². The molecule has 0 radical (unpaired) electrons. The highest BCUT2D eigenvalue weighted by Crippen LogP contribution is 2.14. The predicted octanol–water partition coefficient (Wildman–Crippen LogP) is 1.53. The molecule has 29 heavy (non-hydrogen) atoms. The largest absolute Gasteiger partial charge is 0.482 e. The number of carbonyl (C=O) groups excluding carboxylic acids is 3. The molecule has 0 saturated carbocycles. The van der Waals surface area contributed by atoms with Crippen LogP contribution in [0.15, 0.2) is 41.8 Å². The first-order valence-corrected chi connectivity index (χ1v) is 9.84. The summed E-state index contributed by atoms with van der Waals surface area (Å²) in [6, 6.07) is 11.9. The number of rotatable bonds is 6. The smallest absolute Gasteiger partial charge is 0.344 e. The first-order valence-electron chi connectivity index (χ1n) is 8.96. The van der Waals surface area contributed by atoms with Crippen molar-refractivity contribution in [2.75, 3.05) is 39.4 Å². The van der Waals surface area contributed by atoms with Gasteiger partial charge in [0.1, 0.15) is 5.75 Å². The Morgan fingerprint density at radius 3 is 2.31 bits per heavy atom. The van der Waals surface area contributed by atoms with E-state index in [-0.39, 0.29) is 25.0 Å². The number of ether oxygens (including phenoxy) is 2. The minimum Gasteiger partial charge on any atom is -0.482 e. The Hall–Kier alpha value is -3.38. The molecule has 9 heteroatoms. The van der Waals surface area contributed by atoms with Crippen LogP contribution in [0.5, 0.6) is 5.75 Å². The third-order valence-corrected chi connectivity index (χ3v) is 5.21. The predicted molar refractivity (Wildman–Crippen MR) is 104 cm³/mol. The summed E-state index contributed by atoms with van der Waals surface area (Å²) in [5.74, 6) is -0.563. The average Bonchev–Trinajstić information content (AvgIpc) is 3.31. The number of benzene rings is 1. The Morgan fingerprint density at radius 2 is 1.69 bits per heavy atom. The highest BCUT2D eigenvalue weighted by atomic mass is 32.1. The van der Waals surface area contributed by atoms with Crippen molar-refractivity contribution >= 4 is 29.1 Å². The van der Waals surface area contributed by atoms with Crippen LogP contribution in [-0.2, 0) is 14.3 Å². The second-order valence-corrected chi connectivity index (χ2v) is 7.18. The summed E-state index contributed by atoms with van der Waals surface area (Å²) in [5, 5.41) is 10.6. The van der Waals surface area contributed by atoms with Gasteiger partial charge in [0.15, 0.2) is 13.2 Å². The number of esters is 1. The van der Waals surface area contributed by atoms with Crippen molar-refractivity contribution in [1.29, 1.82) is 5.26 Å². The van der Waals surface area contributed by atoms with Crippen molar-refractivity contribution in [1.82, 2.24) is 9.80 Å². The van der Waals surface area contributed by atoms with Crippen LogP contribution in [0.2, 0.25) is 0 Å². The van der Waals surface area contributed by atoms with Gasteiger partial charge in [0.25, 0.3) is 11.8 Å².